The van der Waals surface area contributed by atoms with Gasteiger partial charge in [0.15, 0.2) is 0 Å². The van der Waals surface area contributed by atoms with Crippen LogP contribution in [0.5, 0.6) is 17.4 Å². The van der Waals surface area contributed by atoms with Gasteiger partial charge in [-0.3, -0.25) is 10.1 Å². The zero-order chi connectivity index (χ0) is 18.7. The molecule has 1 saturated heterocycles. The SMILES string of the molecule is COc1ccc(Oc2ccc(S(=O)(=O)N3CCCC3)cn2)c([N+](=O)[O-])c1. The van der Waals surface area contributed by atoms with E-state index in [-0.39, 0.29) is 22.2 Å². The van der Waals surface area contributed by atoms with Crippen LogP contribution >= 0.6 is 0 Å². The van der Waals surface area contributed by atoms with E-state index < -0.39 is 14.9 Å². The summed E-state index contributed by atoms with van der Waals surface area (Å²) in [5.74, 6) is 0.362. The fourth-order valence-corrected chi connectivity index (χ4v) is 4.09. The Morgan fingerprint density at radius 2 is 1.92 bits per heavy atom. The van der Waals surface area contributed by atoms with Crippen LogP contribution < -0.4 is 9.47 Å². The first-order valence-corrected chi connectivity index (χ1v) is 9.32. The molecule has 0 unspecified atom stereocenters. The summed E-state index contributed by atoms with van der Waals surface area (Å²) in [7, 11) is -2.16. The average molecular weight is 379 g/mol. The number of methoxy groups -OCH3 is 1. The highest BCUT2D eigenvalue weighted by Gasteiger charge is 2.27. The highest BCUT2D eigenvalue weighted by atomic mass is 32.2. The topological polar surface area (TPSA) is 112 Å². The minimum Gasteiger partial charge on any atom is -0.496 e. The molecule has 138 valence electrons. The number of sulfonamides is 1. The third-order valence-electron chi connectivity index (χ3n) is 3.99. The summed E-state index contributed by atoms with van der Waals surface area (Å²) in [5, 5.41) is 11.2. The van der Waals surface area contributed by atoms with Crippen LogP contribution in [0.2, 0.25) is 0 Å². The summed E-state index contributed by atoms with van der Waals surface area (Å²) in [6, 6.07) is 6.91. The van der Waals surface area contributed by atoms with E-state index in [4.69, 9.17) is 9.47 Å². The van der Waals surface area contributed by atoms with Crippen LogP contribution in [-0.4, -0.2) is 42.8 Å². The van der Waals surface area contributed by atoms with E-state index in [1.54, 1.807) is 0 Å². The van der Waals surface area contributed by atoms with Gasteiger partial charge in [-0.05, 0) is 31.0 Å². The van der Waals surface area contributed by atoms with Crippen molar-refractivity contribution in [2.24, 2.45) is 0 Å². The summed E-state index contributed by atoms with van der Waals surface area (Å²) >= 11 is 0. The maximum Gasteiger partial charge on any atom is 0.315 e. The minimum atomic E-state index is -3.57. The first-order chi connectivity index (χ1) is 12.4. The van der Waals surface area contributed by atoms with E-state index >= 15 is 0 Å². The summed E-state index contributed by atoms with van der Waals surface area (Å²) in [5.41, 5.74) is -0.278. The molecule has 0 atom stereocenters. The monoisotopic (exact) mass is 379 g/mol. The summed E-state index contributed by atoms with van der Waals surface area (Å²) in [6.07, 6.45) is 2.88. The molecule has 10 heteroatoms. The molecule has 1 aromatic carbocycles. The lowest BCUT2D eigenvalue weighted by Gasteiger charge is -2.15. The quantitative estimate of drug-likeness (QED) is 0.560. The third-order valence-corrected chi connectivity index (χ3v) is 5.87. The van der Waals surface area contributed by atoms with Gasteiger partial charge in [0.05, 0.1) is 24.3 Å². The predicted octanol–water partition coefficient (Wildman–Crippen LogP) is 2.58. The number of hydrogen-bond donors (Lipinski definition) is 0. The lowest BCUT2D eigenvalue weighted by Crippen LogP contribution is -2.27. The molecule has 9 nitrogen and oxygen atoms in total. The number of nitro benzene ring substituents is 1. The molecular weight excluding hydrogens is 362 g/mol. The molecule has 0 aliphatic carbocycles. The molecule has 0 N–H and O–H groups in total. The first-order valence-electron chi connectivity index (χ1n) is 7.88. The number of hydrogen-bond acceptors (Lipinski definition) is 7. The van der Waals surface area contributed by atoms with Crippen LogP contribution in [-0.2, 0) is 10.0 Å². The van der Waals surface area contributed by atoms with Gasteiger partial charge in [0.25, 0.3) is 0 Å². The van der Waals surface area contributed by atoms with Gasteiger partial charge in [0.1, 0.15) is 10.6 Å². The minimum absolute atomic E-state index is 0.0153. The molecule has 2 aromatic rings. The number of ether oxygens (including phenoxy) is 2. The van der Waals surface area contributed by atoms with E-state index in [0.717, 1.165) is 12.8 Å². The van der Waals surface area contributed by atoms with Gasteiger partial charge >= 0.3 is 5.69 Å². The van der Waals surface area contributed by atoms with Gasteiger partial charge in [0.2, 0.25) is 21.7 Å². The van der Waals surface area contributed by atoms with Gasteiger partial charge < -0.3 is 9.47 Å². The fraction of sp³-hybridized carbons (Fsp3) is 0.312. The number of benzene rings is 1. The number of nitro groups is 1. The van der Waals surface area contributed by atoms with Crippen molar-refractivity contribution in [1.82, 2.24) is 9.29 Å². The molecule has 3 rings (SSSR count). The van der Waals surface area contributed by atoms with E-state index in [9.17, 15) is 18.5 Å². The summed E-state index contributed by atoms with van der Waals surface area (Å²) in [4.78, 5) is 14.6. The van der Waals surface area contributed by atoms with Gasteiger partial charge in [-0.15, -0.1) is 0 Å². The molecular formula is C16H17N3O6S. The molecule has 2 heterocycles. The second-order valence-corrected chi connectivity index (χ2v) is 7.57. The summed E-state index contributed by atoms with van der Waals surface area (Å²) in [6.45, 7) is 0.997. The van der Waals surface area contributed by atoms with Crippen molar-refractivity contribution in [2.75, 3.05) is 20.2 Å². The zero-order valence-electron chi connectivity index (χ0n) is 14.0. The Morgan fingerprint density at radius 3 is 2.50 bits per heavy atom. The largest absolute Gasteiger partial charge is 0.496 e. The molecule has 0 bridgehead atoms. The number of pyridine rings is 1. The van der Waals surface area contributed by atoms with Crippen molar-refractivity contribution in [1.29, 1.82) is 0 Å². The van der Waals surface area contributed by atoms with Crippen molar-refractivity contribution >= 4 is 15.7 Å². The maximum atomic E-state index is 12.5. The van der Waals surface area contributed by atoms with Crippen LogP contribution in [0.15, 0.2) is 41.4 Å². The average Bonchev–Trinajstić information content (AvgIpc) is 3.18. The van der Waals surface area contributed by atoms with Crippen molar-refractivity contribution in [3.05, 3.63) is 46.6 Å². The molecule has 1 aliphatic heterocycles. The number of aromatic nitrogens is 1. The molecule has 0 amide bonds. The molecule has 0 radical (unpaired) electrons. The van der Waals surface area contributed by atoms with Gasteiger partial charge in [-0.2, -0.15) is 4.31 Å². The van der Waals surface area contributed by atoms with Crippen LogP contribution in [0, 0.1) is 10.1 Å². The van der Waals surface area contributed by atoms with E-state index in [0.29, 0.717) is 18.8 Å². The highest BCUT2D eigenvalue weighted by molar-refractivity contribution is 7.89. The van der Waals surface area contributed by atoms with E-state index in [1.807, 2.05) is 0 Å². The lowest BCUT2D eigenvalue weighted by atomic mass is 10.3. The van der Waals surface area contributed by atoms with Crippen molar-refractivity contribution in [2.45, 2.75) is 17.7 Å². The Balaban J connectivity index is 1.83. The number of nitrogens with zero attached hydrogens (tertiary/aromatic N) is 3. The van der Waals surface area contributed by atoms with Gasteiger partial charge in [0, 0.05) is 19.2 Å². The molecule has 26 heavy (non-hydrogen) atoms. The van der Waals surface area contributed by atoms with Crippen molar-refractivity contribution in [3.8, 4) is 17.4 Å². The Labute approximate surface area is 150 Å². The number of rotatable bonds is 6. The smallest absolute Gasteiger partial charge is 0.315 e. The van der Waals surface area contributed by atoms with Crippen LogP contribution in [0.4, 0.5) is 5.69 Å². The normalized spacial score (nSPS) is 15.0. The highest BCUT2D eigenvalue weighted by Crippen LogP contribution is 2.34. The first kappa shape index (κ1) is 18.1. The predicted molar refractivity (Wildman–Crippen MR) is 92.0 cm³/mol. The molecule has 1 aliphatic rings. The van der Waals surface area contributed by atoms with Crippen LogP contribution in [0.25, 0.3) is 0 Å². The summed E-state index contributed by atoms with van der Waals surface area (Å²) < 4.78 is 36.7. The molecule has 1 aromatic heterocycles. The van der Waals surface area contributed by atoms with Gasteiger partial charge in [-0.25, -0.2) is 13.4 Å². The molecule has 0 saturated carbocycles. The lowest BCUT2D eigenvalue weighted by molar-refractivity contribution is -0.385. The van der Waals surface area contributed by atoms with Crippen molar-refractivity contribution < 1.29 is 22.8 Å². The fourth-order valence-electron chi connectivity index (χ4n) is 2.62. The molecule has 0 spiro atoms. The second kappa shape index (κ2) is 7.26. The Morgan fingerprint density at radius 1 is 1.19 bits per heavy atom. The van der Waals surface area contributed by atoms with Crippen molar-refractivity contribution in [3.63, 3.8) is 0 Å². The second-order valence-electron chi connectivity index (χ2n) is 5.64. The van der Waals surface area contributed by atoms with Crippen LogP contribution in [0.3, 0.4) is 0 Å². The Kier molecular flexibility index (Phi) is 5.05. The van der Waals surface area contributed by atoms with E-state index in [2.05, 4.69) is 4.98 Å². The zero-order valence-corrected chi connectivity index (χ0v) is 14.8. The van der Waals surface area contributed by atoms with E-state index in [1.165, 1.54) is 47.9 Å². The maximum absolute atomic E-state index is 12.5. The van der Waals surface area contributed by atoms with Gasteiger partial charge in [-0.1, -0.05) is 0 Å². The molecule has 1 fully saturated rings. The Hall–Kier alpha value is -2.72. The van der Waals surface area contributed by atoms with Crippen LogP contribution in [0.1, 0.15) is 12.8 Å². The third kappa shape index (κ3) is 3.60. The standard InChI is InChI=1S/C16H17N3O6S/c1-24-12-4-6-15(14(10-12)19(20)21)25-16-7-5-13(11-17-16)26(22,23)18-8-2-3-9-18/h4-7,10-11H,2-3,8-9H2,1H3. The Bertz CT molecular complexity index is 908.